The number of nitrogens with zero attached hydrogens (tertiary/aromatic N) is 1. The minimum atomic E-state index is -0.216. The van der Waals surface area contributed by atoms with Gasteiger partial charge in [0.25, 0.3) is 0 Å². The molecule has 4 unspecified atom stereocenters. The lowest BCUT2D eigenvalue weighted by Crippen LogP contribution is -2.51. The van der Waals surface area contributed by atoms with Crippen LogP contribution in [0.5, 0.6) is 0 Å². The molecule has 20 heavy (non-hydrogen) atoms. The van der Waals surface area contributed by atoms with Gasteiger partial charge in [-0.25, -0.2) is 0 Å². The van der Waals surface area contributed by atoms with Gasteiger partial charge in [-0.2, -0.15) is 0 Å². The fourth-order valence-electron chi connectivity index (χ4n) is 4.07. The molecule has 4 atom stereocenters. The van der Waals surface area contributed by atoms with E-state index in [9.17, 15) is 9.90 Å². The van der Waals surface area contributed by atoms with E-state index in [1.54, 1.807) is 0 Å². The van der Waals surface area contributed by atoms with Crippen molar-refractivity contribution >= 4 is 5.91 Å². The highest BCUT2D eigenvalue weighted by Crippen LogP contribution is 2.33. The van der Waals surface area contributed by atoms with Gasteiger partial charge in [-0.1, -0.05) is 0 Å². The first kappa shape index (κ1) is 14.3. The smallest absolute Gasteiger partial charge is 0.223 e. The number of aliphatic hydroxyl groups is 1. The number of carbonyl (C=O) groups is 1. The van der Waals surface area contributed by atoms with Crippen molar-refractivity contribution in [2.75, 3.05) is 19.7 Å². The van der Waals surface area contributed by atoms with E-state index in [1.807, 2.05) is 11.8 Å². The summed E-state index contributed by atoms with van der Waals surface area (Å²) in [6, 6.07) is 1.28. The molecule has 114 valence electrons. The van der Waals surface area contributed by atoms with Crippen LogP contribution in [0, 0.1) is 5.92 Å². The van der Waals surface area contributed by atoms with Crippen molar-refractivity contribution in [1.82, 2.24) is 10.2 Å². The summed E-state index contributed by atoms with van der Waals surface area (Å²) in [7, 11) is 0. The molecular weight excluding hydrogens is 256 g/mol. The second kappa shape index (κ2) is 6.00. The zero-order chi connectivity index (χ0) is 14.1. The maximum atomic E-state index is 12.5. The number of morpholine rings is 1. The number of hydrogen-bond acceptors (Lipinski definition) is 4. The molecule has 0 radical (unpaired) electrons. The molecule has 3 fully saturated rings. The normalized spacial score (nSPS) is 40.9. The van der Waals surface area contributed by atoms with Crippen molar-refractivity contribution in [1.29, 1.82) is 0 Å². The topological polar surface area (TPSA) is 61.8 Å². The summed E-state index contributed by atoms with van der Waals surface area (Å²) < 4.78 is 5.60. The Morgan fingerprint density at radius 1 is 1.30 bits per heavy atom. The molecule has 0 aromatic heterocycles. The van der Waals surface area contributed by atoms with Crippen molar-refractivity contribution in [3.63, 3.8) is 0 Å². The molecule has 5 heteroatoms. The Morgan fingerprint density at radius 3 is 2.65 bits per heavy atom. The Bertz CT molecular complexity index is 351. The molecule has 3 aliphatic rings. The molecular formula is C15H26N2O3. The zero-order valence-electron chi connectivity index (χ0n) is 12.3. The maximum Gasteiger partial charge on any atom is 0.223 e. The number of fused-ring (bicyclic) bond motifs is 2. The maximum absolute atomic E-state index is 12.5. The van der Waals surface area contributed by atoms with E-state index in [4.69, 9.17) is 4.74 Å². The van der Waals surface area contributed by atoms with E-state index < -0.39 is 0 Å². The van der Waals surface area contributed by atoms with Gasteiger partial charge in [0.15, 0.2) is 0 Å². The molecule has 0 aromatic rings. The molecule has 0 aliphatic carbocycles. The van der Waals surface area contributed by atoms with Crippen LogP contribution >= 0.6 is 0 Å². The third kappa shape index (κ3) is 3.15. The number of rotatable bonds is 3. The van der Waals surface area contributed by atoms with Gasteiger partial charge in [0.2, 0.25) is 5.91 Å². The van der Waals surface area contributed by atoms with Crippen LogP contribution in [-0.4, -0.2) is 59.9 Å². The van der Waals surface area contributed by atoms with E-state index in [0.717, 1.165) is 12.8 Å². The zero-order valence-corrected chi connectivity index (χ0v) is 12.3. The minimum absolute atomic E-state index is 0.00832. The molecule has 5 nitrogen and oxygen atoms in total. The lowest BCUT2D eigenvalue weighted by atomic mass is 9.89. The summed E-state index contributed by atoms with van der Waals surface area (Å²) >= 11 is 0. The van der Waals surface area contributed by atoms with Gasteiger partial charge in [0, 0.05) is 31.6 Å². The number of hydrogen-bond donors (Lipinski definition) is 2. The highest BCUT2D eigenvalue weighted by atomic mass is 16.5. The van der Waals surface area contributed by atoms with E-state index in [2.05, 4.69) is 5.32 Å². The Labute approximate surface area is 120 Å². The van der Waals surface area contributed by atoms with Crippen molar-refractivity contribution in [2.45, 2.75) is 63.3 Å². The molecule has 0 spiro atoms. The molecule has 0 aromatic carbocycles. The standard InChI is InChI=1S/C15H26N2O3/c1-10-7-17(8-14(9-18)20-10)15(19)6-11-4-12-2-3-13(5-11)16-12/h10-14,16,18H,2-9H2,1H3. The van der Waals surface area contributed by atoms with Crippen molar-refractivity contribution < 1.29 is 14.6 Å². The summed E-state index contributed by atoms with van der Waals surface area (Å²) in [4.78, 5) is 14.4. The first-order valence-corrected chi connectivity index (χ1v) is 7.94. The number of ether oxygens (including phenoxy) is 1. The van der Waals surface area contributed by atoms with Gasteiger partial charge in [-0.3, -0.25) is 4.79 Å². The van der Waals surface area contributed by atoms with E-state index in [1.165, 1.54) is 12.8 Å². The quantitative estimate of drug-likeness (QED) is 0.792. The number of carbonyl (C=O) groups excluding carboxylic acids is 1. The fraction of sp³-hybridized carbons (Fsp3) is 0.933. The fourth-order valence-corrected chi connectivity index (χ4v) is 4.07. The predicted octanol–water partition coefficient (Wildman–Crippen LogP) is 0.515. The third-order valence-corrected chi connectivity index (χ3v) is 4.92. The lowest BCUT2D eigenvalue weighted by Gasteiger charge is -2.37. The number of aliphatic hydroxyl groups excluding tert-OH is 1. The van der Waals surface area contributed by atoms with Crippen LogP contribution in [0.15, 0.2) is 0 Å². The van der Waals surface area contributed by atoms with Crippen LogP contribution < -0.4 is 5.32 Å². The largest absolute Gasteiger partial charge is 0.394 e. The second-order valence-electron chi connectivity index (χ2n) is 6.73. The number of piperidine rings is 1. The van der Waals surface area contributed by atoms with Gasteiger partial charge >= 0.3 is 0 Å². The van der Waals surface area contributed by atoms with Crippen LogP contribution in [0.4, 0.5) is 0 Å². The van der Waals surface area contributed by atoms with Crippen LogP contribution in [0.2, 0.25) is 0 Å². The summed E-state index contributed by atoms with van der Waals surface area (Å²) in [6.07, 6.45) is 5.31. The molecule has 3 aliphatic heterocycles. The molecule has 3 rings (SSSR count). The SMILES string of the molecule is CC1CN(C(=O)CC2CC3CCC(C2)N3)CC(CO)O1. The van der Waals surface area contributed by atoms with Crippen LogP contribution in [0.1, 0.15) is 39.0 Å². The van der Waals surface area contributed by atoms with Crippen molar-refractivity contribution in [3.05, 3.63) is 0 Å². The third-order valence-electron chi connectivity index (χ3n) is 4.92. The molecule has 3 heterocycles. The van der Waals surface area contributed by atoms with Crippen molar-refractivity contribution in [3.8, 4) is 0 Å². The first-order valence-electron chi connectivity index (χ1n) is 7.94. The summed E-state index contributed by atoms with van der Waals surface area (Å²) in [5.41, 5.74) is 0. The molecule has 0 saturated carbocycles. The summed E-state index contributed by atoms with van der Waals surface area (Å²) in [6.45, 7) is 3.16. The molecule has 2 N–H and O–H groups in total. The van der Waals surface area contributed by atoms with Gasteiger partial charge in [-0.15, -0.1) is 0 Å². The number of amides is 1. The Hall–Kier alpha value is -0.650. The van der Waals surface area contributed by atoms with Crippen LogP contribution in [-0.2, 0) is 9.53 Å². The Morgan fingerprint density at radius 2 is 2.00 bits per heavy atom. The molecule has 3 saturated heterocycles. The monoisotopic (exact) mass is 282 g/mol. The van der Waals surface area contributed by atoms with Gasteiger partial charge in [0.05, 0.1) is 18.8 Å². The van der Waals surface area contributed by atoms with Crippen LogP contribution in [0.25, 0.3) is 0 Å². The lowest BCUT2D eigenvalue weighted by molar-refractivity contribution is -0.148. The highest BCUT2D eigenvalue weighted by Gasteiger charge is 2.36. The van der Waals surface area contributed by atoms with E-state index in [0.29, 0.717) is 37.5 Å². The van der Waals surface area contributed by atoms with Crippen molar-refractivity contribution in [2.24, 2.45) is 5.92 Å². The summed E-state index contributed by atoms with van der Waals surface area (Å²) in [5.74, 6) is 0.775. The van der Waals surface area contributed by atoms with Gasteiger partial charge < -0.3 is 20.1 Å². The average molecular weight is 282 g/mol. The first-order chi connectivity index (χ1) is 9.64. The van der Waals surface area contributed by atoms with Crippen LogP contribution in [0.3, 0.4) is 0 Å². The molecule has 1 amide bonds. The highest BCUT2D eigenvalue weighted by molar-refractivity contribution is 5.76. The van der Waals surface area contributed by atoms with E-state index in [-0.39, 0.29) is 24.7 Å². The summed E-state index contributed by atoms with van der Waals surface area (Å²) in [5, 5.41) is 12.9. The predicted molar refractivity (Wildman–Crippen MR) is 75.3 cm³/mol. The Kier molecular flexibility index (Phi) is 4.29. The minimum Gasteiger partial charge on any atom is -0.394 e. The molecule has 2 bridgehead atoms. The second-order valence-corrected chi connectivity index (χ2v) is 6.73. The van der Waals surface area contributed by atoms with E-state index >= 15 is 0 Å². The van der Waals surface area contributed by atoms with Gasteiger partial charge in [-0.05, 0) is 38.5 Å². The Balaban J connectivity index is 1.53. The van der Waals surface area contributed by atoms with Gasteiger partial charge in [0.1, 0.15) is 0 Å². The number of nitrogens with one attached hydrogen (secondary N) is 1. The average Bonchev–Trinajstić information content (AvgIpc) is 2.77.